The summed E-state index contributed by atoms with van der Waals surface area (Å²) in [5, 5.41) is 31.6. The topological polar surface area (TPSA) is 122 Å². The molecule has 0 fully saturated rings. The first-order valence-corrected chi connectivity index (χ1v) is 7.18. The predicted molar refractivity (Wildman–Crippen MR) is 87.9 cm³/mol. The number of phenols is 1. The van der Waals surface area contributed by atoms with Crippen LogP contribution < -0.4 is 0 Å². The van der Waals surface area contributed by atoms with Crippen LogP contribution in [0.3, 0.4) is 0 Å². The maximum atomic E-state index is 10.9. The second kappa shape index (κ2) is 6.26. The van der Waals surface area contributed by atoms with Crippen LogP contribution in [0.2, 0.25) is 5.02 Å². The van der Waals surface area contributed by atoms with Crippen molar-refractivity contribution in [3.63, 3.8) is 0 Å². The molecule has 0 bridgehead atoms. The molecule has 0 unspecified atom stereocenters. The van der Waals surface area contributed by atoms with Crippen LogP contribution in [0.4, 0.5) is 5.69 Å². The van der Waals surface area contributed by atoms with E-state index in [0.29, 0.717) is 11.6 Å². The van der Waals surface area contributed by atoms with Crippen molar-refractivity contribution >= 4 is 35.7 Å². The minimum atomic E-state index is -0.740. The Balaban J connectivity index is 2.06. The lowest BCUT2D eigenvalue weighted by atomic mass is 10.2. The summed E-state index contributed by atoms with van der Waals surface area (Å²) in [6.45, 7) is 0. The zero-order valence-corrected chi connectivity index (χ0v) is 13.3. The standard InChI is InChI=1S/C13H8ClN5O4S/c14-8-4-7(11(20)9(5-8)19(21)22)6-15-18-12(16-17-13(18)24)10-2-1-3-23-10/h1-6,20H,(H,17,24)/b15-6+. The second-order valence-corrected chi connectivity index (χ2v) is 5.33. The van der Waals surface area contributed by atoms with E-state index in [4.69, 9.17) is 28.2 Å². The summed E-state index contributed by atoms with van der Waals surface area (Å²) in [6, 6.07) is 5.72. The normalized spacial score (nSPS) is 11.2. The number of hydrogen-bond acceptors (Lipinski definition) is 7. The summed E-state index contributed by atoms with van der Waals surface area (Å²) >= 11 is 10.9. The Morgan fingerprint density at radius 3 is 3.00 bits per heavy atom. The van der Waals surface area contributed by atoms with Crippen molar-refractivity contribution in [2.45, 2.75) is 0 Å². The molecule has 11 heteroatoms. The third kappa shape index (κ3) is 2.92. The molecule has 24 heavy (non-hydrogen) atoms. The van der Waals surface area contributed by atoms with Gasteiger partial charge in [0, 0.05) is 16.7 Å². The van der Waals surface area contributed by atoms with Crippen LogP contribution in [0.15, 0.2) is 40.0 Å². The highest BCUT2D eigenvalue weighted by Crippen LogP contribution is 2.32. The van der Waals surface area contributed by atoms with E-state index in [1.807, 2.05) is 0 Å². The Hall–Kier alpha value is -2.98. The van der Waals surface area contributed by atoms with Crippen LogP contribution in [0.1, 0.15) is 5.56 Å². The number of H-pyrrole nitrogens is 1. The number of halogens is 1. The summed E-state index contributed by atoms with van der Waals surface area (Å²) < 4.78 is 6.66. The summed E-state index contributed by atoms with van der Waals surface area (Å²) in [7, 11) is 0. The van der Waals surface area contributed by atoms with Crippen LogP contribution in [-0.2, 0) is 0 Å². The number of nitro benzene ring substituents is 1. The molecule has 9 nitrogen and oxygen atoms in total. The Bertz CT molecular complexity index is 992. The van der Waals surface area contributed by atoms with Gasteiger partial charge in [0.25, 0.3) is 0 Å². The first-order valence-electron chi connectivity index (χ1n) is 6.40. The number of aromatic amines is 1. The monoisotopic (exact) mass is 365 g/mol. The number of aromatic hydroxyl groups is 1. The van der Waals surface area contributed by atoms with Crippen LogP contribution in [0, 0.1) is 14.9 Å². The molecular weight excluding hydrogens is 358 g/mol. The number of furan rings is 1. The van der Waals surface area contributed by atoms with Gasteiger partial charge in [0.05, 0.1) is 17.4 Å². The van der Waals surface area contributed by atoms with E-state index in [1.54, 1.807) is 12.1 Å². The molecule has 3 rings (SSSR count). The van der Waals surface area contributed by atoms with Crippen molar-refractivity contribution < 1.29 is 14.4 Å². The predicted octanol–water partition coefficient (Wildman–Crippen LogP) is 3.35. The van der Waals surface area contributed by atoms with Crippen molar-refractivity contribution in [1.29, 1.82) is 0 Å². The fourth-order valence-corrected chi connectivity index (χ4v) is 2.33. The molecule has 122 valence electrons. The SMILES string of the molecule is O=[N+]([O-])c1cc(Cl)cc(/C=N/n2c(-c3ccco3)n[nH]c2=S)c1O. The number of hydrogen-bond donors (Lipinski definition) is 2. The van der Waals surface area contributed by atoms with Crippen molar-refractivity contribution in [2.75, 3.05) is 0 Å². The van der Waals surface area contributed by atoms with Crippen LogP contribution in [0.5, 0.6) is 5.75 Å². The number of nitrogens with zero attached hydrogens (tertiary/aromatic N) is 4. The lowest BCUT2D eigenvalue weighted by Crippen LogP contribution is -1.96. The lowest BCUT2D eigenvalue weighted by Gasteiger charge is -2.02. The minimum absolute atomic E-state index is 0.0581. The van der Waals surface area contributed by atoms with Gasteiger partial charge in [-0.1, -0.05) is 11.6 Å². The number of rotatable bonds is 4. The molecule has 2 aromatic heterocycles. The number of aromatic nitrogens is 3. The highest BCUT2D eigenvalue weighted by molar-refractivity contribution is 7.71. The lowest BCUT2D eigenvalue weighted by molar-refractivity contribution is -0.385. The molecule has 0 aliphatic rings. The molecule has 3 aromatic rings. The molecule has 1 aromatic carbocycles. The Morgan fingerprint density at radius 2 is 2.33 bits per heavy atom. The first-order chi connectivity index (χ1) is 11.5. The summed E-state index contributed by atoms with van der Waals surface area (Å²) in [5.74, 6) is 0.167. The second-order valence-electron chi connectivity index (χ2n) is 4.51. The van der Waals surface area contributed by atoms with Gasteiger partial charge < -0.3 is 9.52 Å². The molecule has 0 aliphatic carbocycles. The Kier molecular flexibility index (Phi) is 4.15. The van der Waals surface area contributed by atoms with Gasteiger partial charge in [-0.3, -0.25) is 10.1 Å². The van der Waals surface area contributed by atoms with Gasteiger partial charge in [0.2, 0.25) is 16.3 Å². The van der Waals surface area contributed by atoms with Crippen molar-refractivity contribution in [3.8, 4) is 17.3 Å². The number of nitrogens with one attached hydrogen (secondary N) is 1. The van der Waals surface area contributed by atoms with Gasteiger partial charge in [-0.15, -0.1) is 5.10 Å². The fraction of sp³-hybridized carbons (Fsp3) is 0. The van der Waals surface area contributed by atoms with Crippen molar-refractivity contribution in [2.24, 2.45) is 5.10 Å². The third-order valence-electron chi connectivity index (χ3n) is 2.99. The molecule has 2 N–H and O–H groups in total. The number of benzene rings is 1. The van der Waals surface area contributed by atoms with E-state index in [1.165, 1.54) is 23.2 Å². The zero-order chi connectivity index (χ0) is 17.3. The summed E-state index contributed by atoms with van der Waals surface area (Å²) in [4.78, 5) is 10.2. The molecule has 0 amide bonds. The summed E-state index contributed by atoms with van der Waals surface area (Å²) in [5.41, 5.74) is -0.464. The number of phenolic OH excluding ortho intramolecular Hbond substituents is 1. The highest BCUT2D eigenvalue weighted by atomic mass is 35.5. The van der Waals surface area contributed by atoms with E-state index in [2.05, 4.69) is 15.3 Å². The largest absolute Gasteiger partial charge is 0.502 e. The average molecular weight is 366 g/mol. The zero-order valence-electron chi connectivity index (χ0n) is 11.7. The van der Waals surface area contributed by atoms with Gasteiger partial charge in [-0.05, 0) is 30.4 Å². The first kappa shape index (κ1) is 15.9. The fourth-order valence-electron chi connectivity index (χ4n) is 1.93. The Morgan fingerprint density at radius 1 is 1.54 bits per heavy atom. The minimum Gasteiger partial charge on any atom is -0.502 e. The molecular formula is C13H8ClN5O4S. The third-order valence-corrected chi connectivity index (χ3v) is 3.47. The summed E-state index contributed by atoms with van der Waals surface area (Å²) in [6.07, 6.45) is 2.65. The maximum absolute atomic E-state index is 10.9. The highest BCUT2D eigenvalue weighted by Gasteiger charge is 2.18. The molecule has 0 spiro atoms. The van der Waals surface area contributed by atoms with E-state index in [-0.39, 0.29) is 15.4 Å². The Labute approximate surface area is 144 Å². The molecule has 2 heterocycles. The van der Waals surface area contributed by atoms with Crippen LogP contribution in [0.25, 0.3) is 11.6 Å². The molecule has 0 saturated carbocycles. The smallest absolute Gasteiger partial charge is 0.312 e. The van der Waals surface area contributed by atoms with Crippen molar-refractivity contribution in [3.05, 3.63) is 56.0 Å². The van der Waals surface area contributed by atoms with Crippen molar-refractivity contribution in [1.82, 2.24) is 14.9 Å². The van der Waals surface area contributed by atoms with Crippen LogP contribution in [-0.4, -0.2) is 31.1 Å². The molecule has 0 aliphatic heterocycles. The van der Waals surface area contributed by atoms with Gasteiger partial charge >= 0.3 is 5.69 Å². The van der Waals surface area contributed by atoms with Gasteiger partial charge in [-0.25, -0.2) is 5.10 Å². The quantitative estimate of drug-likeness (QED) is 0.316. The van der Waals surface area contributed by atoms with E-state index in [9.17, 15) is 15.2 Å². The maximum Gasteiger partial charge on any atom is 0.312 e. The molecule has 0 atom stereocenters. The molecule has 0 radical (unpaired) electrons. The van der Waals surface area contributed by atoms with E-state index in [0.717, 1.165) is 6.07 Å². The van der Waals surface area contributed by atoms with Gasteiger partial charge in [-0.2, -0.15) is 9.78 Å². The van der Waals surface area contributed by atoms with Gasteiger partial charge in [0.15, 0.2) is 5.76 Å². The van der Waals surface area contributed by atoms with E-state index < -0.39 is 16.4 Å². The average Bonchev–Trinajstić information content (AvgIpc) is 3.17. The van der Waals surface area contributed by atoms with E-state index >= 15 is 0 Å². The number of nitro groups is 1. The van der Waals surface area contributed by atoms with Gasteiger partial charge in [0.1, 0.15) is 0 Å². The van der Waals surface area contributed by atoms with Crippen LogP contribution >= 0.6 is 23.8 Å². The molecule has 0 saturated heterocycles.